The van der Waals surface area contributed by atoms with Gasteiger partial charge in [0.25, 0.3) is 0 Å². The van der Waals surface area contributed by atoms with E-state index in [1.165, 1.54) is 0 Å². The van der Waals surface area contributed by atoms with Crippen LogP contribution in [0, 0.1) is 5.92 Å². The fourth-order valence-electron chi connectivity index (χ4n) is 1.43. The molecule has 2 N–H and O–H groups in total. The van der Waals surface area contributed by atoms with E-state index < -0.39 is 0 Å². The highest BCUT2D eigenvalue weighted by Crippen LogP contribution is 2.10. The Morgan fingerprint density at radius 2 is 1.61 bits per heavy atom. The second-order valence-corrected chi connectivity index (χ2v) is 4.80. The van der Waals surface area contributed by atoms with Crippen LogP contribution in [0.1, 0.15) is 59.3 Å². The topological polar surface area (TPSA) is 40.5 Å². The lowest BCUT2D eigenvalue weighted by atomic mass is 10.00. The van der Waals surface area contributed by atoms with E-state index in [2.05, 4.69) is 27.0 Å². The van der Waals surface area contributed by atoms with Gasteiger partial charge in [-0.3, -0.25) is 0 Å². The molecule has 0 spiro atoms. The second kappa shape index (κ2) is 14.5. The van der Waals surface area contributed by atoms with E-state index >= 15 is 0 Å². The highest BCUT2D eigenvalue weighted by molar-refractivity contribution is 4.75. The Labute approximate surface area is 113 Å². The molecule has 108 valence electrons. The molecule has 0 bridgehead atoms. The predicted molar refractivity (Wildman–Crippen MR) is 80.6 cm³/mol. The van der Waals surface area contributed by atoms with E-state index in [0.29, 0.717) is 5.92 Å². The zero-order chi connectivity index (χ0) is 14.4. The van der Waals surface area contributed by atoms with Crippen molar-refractivity contribution in [1.29, 1.82) is 0 Å². The summed E-state index contributed by atoms with van der Waals surface area (Å²) < 4.78 is 0. The molecular formula is C16H32O2. The Morgan fingerprint density at radius 3 is 2.00 bits per heavy atom. The van der Waals surface area contributed by atoms with E-state index in [0.717, 1.165) is 38.5 Å². The lowest BCUT2D eigenvalue weighted by Gasteiger charge is -2.14. The number of hydrogen-bond donors (Lipinski definition) is 2. The van der Waals surface area contributed by atoms with Gasteiger partial charge in [0.05, 0.1) is 12.2 Å². The minimum atomic E-state index is -0.188. The first-order valence-corrected chi connectivity index (χ1v) is 7.11. The first kappa shape index (κ1) is 19.7. The van der Waals surface area contributed by atoms with E-state index in [4.69, 9.17) is 5.11 Å². The van der Waals surface area contributed by atoms with E-state index in [-0.39, 0.29) is 12.2 Å². The summed E-state index contributed by atoms with van der Waals surface area (Å²) >= 11 is 0. The molecule has 0 rings (SSSR count). The highest BCUT2D eigenvalue weighted by Gasteiger charge is 2.08. The molecule has 0 aromatic rings. The number of rotatable bonds is 9. The monoisotopic (exact) mass is 256 g/mol. The molecule has 2 nitrogen and oxygen atoms in total. The summed E-state index contributed by atoms with van der Waals surface area (Å²) in [6.07, 6.45) is 8.88. The van der Waals surface area contributed by atoms with Gasteiger partial charge in [-0.15, -0.1) is 13.2 Å². The van der Waals surface area contributed by atoms with Crippen molar-refractivity contribution in [2.75, 3.05) is 0 Å². The zero-order valence-corrected chi connectivity index (χ0v) is 12.4. The van der Waals surface area contributed by atoms with Crippen molar-refractivity contribution in [2.24, 2.45) is 5.92 Å². The van der Waals surface area contributed by atoms with Crippen molar-refractivity contribution in [3.8, 4) is 0 Å². The minimum absolute atomic E-state index is 0.151. The molecule has 18 heavy (non-hydrogen) atoms. The lowest BCUT2D eigenvalue weighted by molar-refractivity contribution is 0.117. The van der Waals surface area contributed by atoms with Crippen LogP contribution in [0.5, 0.6) is 0 Å². The van der Waals surface area contributed by atoms with Crippen LogP contribution in [0.3, 0.4) is 0 Å². The molecule has 3 unspecified atom stereocenters. The molecule has 0 saturated heterocycles. The summed E-state index contributed by atoms with van der Waals surface area (Å²) in [5.41, 5.74) is 0. The van der Waals surface area contributed by atoms with Gasteiger partial charge in [0.15, 0.2) is 0 Å². The molecule has 0 aliphatic carbocycles. The van der Waals surface area contributed by atoms with Crippen LogP contribution in [0.25, 0.3) is 0 Å². The predicted octanol–water partition coefficient (Wildman–Crippen LogP) is 4.08. The van der Waals surface area contributed by atoms with Gasteiger partial charge >= 0.3 is 0 Å². The first-order chi connectivity index (χ1) is 8.53. The highest BCUT2D eigenvalue weighted by atomic mass is 16.3. The Hall–Kier alpha value is -0.600. The van der Waals surface area contributed by atoms with Crippen LogP contribution >= 0.6 is 0 Å². The van der Waals surface area contributed by atoms with Gasteiger partial charge in [0, 0.05) is 0 Å². The second-order valence-electron chi connectivity index (χ2n) is 4.80. The smallest absolute Gasteiger partial charge is 0.0599 e. The summed E-state index contributed by atoms with van der Waals surface area (Å²) in [4.78, 5) is 0. The van der Waals surface area contributed by atoms with Crippen molar-refractivity contribution in [3.63, 3.8) is 0 Å². The quantitative estimate of drug-likeness (QED) is 0.610. The summed E-state index contributed by atoms with van der Waals surface area (Å²) in [6.45, 7) is 13.4. The van der Waals surface area contributed by atoms with E-state index in [1.54, 1.807) is 12.2 Å². The summed E-state index contributed by atoms with van der Waals surface area (Å²) in [6, 6.07) is 0. The Bertz CT molecular complexity index is 190. The van der Waals surface area contributed by atoms with Crippen molar-refractivity contribution in [2.45, 2.75) is 71.5 Å². The molecule has 2 heteroatoms. The Kier molecular flexibility index (Phi) is 15.9. The number of unbranched alkanes of at least 4 members (excludes halogenated alkanes) is 1. The van der Waals surface area contributed by atoms with Gasteiger partial charge in [-0.25, -0.2) is 0 Å². The fourth-order valence-corrected chi connectivity index (χ4v) is 1.43. The Balaban J connectivity index is 0. The number of aliphatic hydroxyl groups is 2. The van der Waals surface area contributed by atoms with Crippen LogP contribution in [0.4, 0.5) is 0 Å². The van der Waals surface area contributed by atoms with Gasteiger partial charge in [0.1, 0.15) is 0 Å². The molecule has 0 aromatic heterocycles. The average Bonchev–Trinajstić information content (AvgIpc) is 2.36. The molecule has 0 aromatic carbocycles. The maximum atomic E-state index is 9.25. The maximum absolute atomic E-state index is 9.25. The van der Waals surface area contributed by atoms with Crippen LogP contribution in [0.15, 0.2) is 25.3 Å². The van der Waals surface area contributed by atoms with Crippen molar-refractivity contribution in [1.82, 2.24) is 0 Å². The van der Waals surface area contributed by atoms with Gasteiger partial charge in [-0.1, -0.05) is 52.2 Å². The molecule has 3 atom stereocenters. The maximum Gasteiger partial charge on any atom is 0.0599 e. The fraction of sp³-hybridized carbons (Fsp3) is 0.750. The number of hydrogen-bond acceptors (Lipinski definition) is 2. The van der Waals surface area contributed by atoms with Crippen LogP contribution in [-0.2, 0) is 0 Å². The largest absolute Gasteiger partial charge is 0.393 e. The van der Waals surface area contributed by atoms with E-state index in [1.807, 2.05) is 6.92 Å². The average molecular weight is 256 g/mol. The van der Waals surface area contributed by atoms with Gasteiger partial charge in [0.2, 0.25) is 0 Å². The lowest BCUT2D eigenvalue weighted by Crippen LogP contribution is -2.15. The third-order valence-electron chi connectivity index (χ3n) is 3.04. The zero-order valence-electron chi connectivity index (χ0n) is 12.4. The van der Waals surface area contributed by atoms with Crippen molar-refractivity contribution in [3.05, 3.63) is 25.3 Å². The van der Waals surface area contributed by atoms with Gasteiger partial charge in [-0.05, 0) is 25.2 Å². The molecule has 0 amide bonds. The van der Waals surface area contributed by atoms with E-state index in [9.17, 15) is 5.11 Å². The molecule has 0 heterocycles. The standard InChI is InChI=1S/2C8H16O/c1-4-6-8(9)7(3)5-2;1-3-5-7-8(9)6-4-2/h4,7-9H,1,5-6H2,2-3H3;4,8-9H,2-3,5-7H2,1H3. The molecule has 0 radical (unpaired) electrons. The third-order valence-corrected chi connectivity index (χ3v) is 3.04. The van der Waals surface area contributed by atoms with Crippen LogP contribution < -0.4 is 0 Å². The van der Waals surface area contributed by atoms with Gasteiger partial charge in [-0.2, -0.15) is 0 Å². The normalized spacial score (nSPS) is 14.9. The SMILES string of the molecule is C=CCC(O)C(C)CC.C=CCC(O)CCCC. The summed E-state index contributed by atoms with van der Waals surface area (Å²) in [5.74, 6) is 0.406. The number of aliphatic hydroxyl groups excluding tert-OH is 2. The van der Waals surface area contributed by atoms with Crippen molar-refractivity contribution >= 4 is 0 Å². The molecule has 0 aliphatic rings. The summed E-state index contributed by atoms with van der Waals surface area (Å²) in [7, 11) is 0. The minimum Gasteiger partial charge on any atom is -0.393 e. The third kappa shape index (κ3) is 13.5. The Morgan fingerprint density at radius 1 is 1.06 bits per heavy atom. The molecule has 0 fully saturated rings. The first-order valence-electron chi connectivity index (χ1n) is 7.11. The van der Waals surface area contributed by atoms with Crippen LogP contribution in [0.2, 0.25) is 0 Å². The molecule has 0 aliphatic heterocycles. The van der Waals surface area contributed by atoms with Crippen LogP contribution in [-0.4, -0.2) is 22.4 Å². The molecular weight excluding hydrogens is 224 g/mol. The van der Waals surface area contributed by atoms with Crippen molar-refractivity contribution < 1.29 is 10.2 Å². The van der Waals surface area contributed by atoms with Gasteiger partial charge < -0.3 is 10.2 Å². The molecule has 0 saturated carbocycles. The summed E-state index contributed by atoms with van der Waals surface area (Å²) in [5, 5.41) is 18.4.